The number of halogens is 4. The van der Waals surface area contributed by atoms with Gasteiger partial charge in [0.2, 0.25) is 0 Å². The lowest BCUT2D eigenvalue weighted by atomic mass is 9.59. The molecular formula is C40H46ClF3N2O6. The van der Waals surface area contributed by atoms with E-state index >= 15 is 0 Å². The molecule has 2 aromatic carbocycles. The largest absolute Gasteiger partial charge is 0.493 e. The summed E-state index contributed by atoms with van der Waals surface area (Å²) in [6.45, 7) is 4.92. The van der Waals surface area contributed by atoms with Gasteiger partial charge in [-0.3, -0.25) is 14.7 Å². The number of pyridine rings is 1. The SMILES string of the molecule is COCOc1ccc2c(c1)C1(CCC(C(=O)OC)(N(C(=O)C(F)(F)F)c3cccc(Cl)c3)CC1)[C@@H](C[C@@H](C)COc1ccnc3c1[C@@H](C)CCC3)C2. The molecule has 280 valence electrons. The summed E-state index contributed by atoms with van der Waals surface area (Å²) < 4.78 is 65.6. The van der Waals surface area contributed by atoms with E-state index in [9.17, 15) is 22.8 Å². The summed E-state index contributed by atoms with van der Waals surface area (Å²) in [7, 11) is 2.68. The fraction of sp³-hybridized carbons (Fsp3) is 0.525. The molecule has 3 aromatic rings. The lowest BCUT2D eigenvalue weighted by Gasteiger charge is -2.51. The Labute approximate surface area is 307 Å². The van der Waals surface area contributed by atoms with Crippen LogP contribution in [0, 0.1) is 11.8 Å². The van der Waals surface area contributed by atoms with E-state index in [0.717, 1.165) is 61.8 Å². The first-order valence-electron chi connectivity index (χ1n) is 17.9. The van der Waals surface area contributed by atoms with Gasteiger partial charge in [0.15, 0.2) is 6.79 Å². The first kappa shape index (κ1) is 37.9. The lowest BCUT2D eigenvalue weighted by Crippen LogP contribution is -2.63. The van der Waals surface area contributed by atoms with Crippen LogP contribution in [-0.4, -0.2) is 56.2 Å². The maximum Gasteiger partial charge on any atom is 0.471 e. The third kappa shape index (κ3) is 7.23. The smallest absolute Gasteiger partial charge is 0.471 e. The van der Waals surface area contributed by atoms with Gasteiger partial charge in [-0.05, 0) is 128 Å². The minimum atomic E-state index is -5.25. The molecular weight excluding hydrogens is 697 g/mol. The number of amides is 1. The highest BCUT2D eigenvalue weighted by Crippen LogP contribution is 2.58. The average Bonchev–Trinajstić information content (AvgIpc) is 3.41. The summed E-state index contributed by atoms with van der Waals surface area (Å²) in [5, 5.41) is 0.135. The van der Waals surface area contributed by atoms with Gasteiger partial charge < -0.3 is 18.9 Å². The molecule has 1 saturated carbocycles. The maximum atomic E-state index is 14.3. The zero-order valence-corrected chi connectivity index (χ0v) is 30.8. The summed E-state index contributed by atoms with van der Waals surface area (Å²) in [6.07, 6.45) is 1.79. The maximum absolute atomic E-state index is 14.3. The van der Waals surface area contributed by atoms with Crippen molar-refractivity contribution in [1.82, 2.24) is 4.98 Å². The Hall–Kier alpha value is -3.83. The monoisotopic (exact) mass is 742 g/mol. The van der Waals surface area contributed by atoms with Crippen molar-refractivity contribution in [3.05, 3.63) is 82.1 Å². The summed E-state index contributed by atoms with van der Waals surface area (Å²) >= 11 is 6.22. The number of rotatable bonds is 11. The quantitative estimate of drug-likeness (QED) is 0.143. The number of esters is 1. The molecule has 0 bridgehead atoms. The molecule has 1 amide bonds. The Morgan fingerprint density at radius 2 is 1.83 bits per heavy atom. The number of hydrogen-bond acceptors (Lipinski definition) is 7. The van der Waals surface area contributed by atoms with Crippen LogP contribution in [0.15, 0.2) is 54.7 Å². The minimum Gasteiger partial charge on any atom is -0.493 e. The summed E-state index contributed by atoms with van der Waals surface area (Å²) in [6, 6.07) is 13.5. The number of aryl methyl sites for hydroxylation is 1. The number of anilines is 1. The second-order valence-electron chi connectivity index (χ2n) is 14.7. The molecule has 1 heterocycles. The lowest BCUT2D eigenvalue weighted by molar-refractivity contribution is -0.174. The highest BCUT2D eigenvalue weighted by molar-refractivity contribution is 6.31. The van der Waals surface area contributed by atoms with Crippen molar-refractivity contribution in [2.75, 3.05) is 32.5 Å². The third-order valence-electron chi connectivity index (χ3n) is 11.5. The van der Waals surface area contributed by atoms with Gasteiger partial charge >= 0.3 is 18.1 Å². The van der Waals surface area contributed by atoms with Crippen LogP contribution < -0.4 is 14.4 Å². The van der Waals surface area contributed by atoms with E-state index in [0.29, 0.717) is 36.0 Å². The molecule has 3 aliphatic carbocycles. The van der Waals surface area contributed by atoms with E-state index in [-0.39, 0.29) is 42.2 Å². The fourth-order valence-electron chi connectivity index (χ4n) is 9.06. The van der Waals surface area contributed by atoms with Crippen LogP contribution in [0.1, 0.15) is 87.1 Å². The normalized spacial score (nSPS) is 24.5. The van der Waals surface area contributed by atoms with Gasteiger partial charge in [-0.2, -0.15) is 13.2 Å². The number of ether oxygens (including phenoxy) is 4. The van der Waals surface area contributed by atoms with Crippen molar-refractivity contribution in [3.63, 3.8) is 0 Å². The van der Waals surface area contributed by atoms with E-state index < -0.39 is 29.0 Å². The predicted octanol–water partition coefficient (Wildman–Crippen LogP) is 8.75. The van der Waals surface area contributed by atoms with Gasteiger partial charge in [0.25, 0.3) is 0 Å². The van der Waals surface area contributed by atoms with Crippen LogP contribution in [0.5, 0.6) is 11.5 Å². The van der Waals surface area contributed by atoms with Gasteiger partial charge in [0.05, 0.1) is 13.7 Å². The van der Waals surface area contributed by atoms with Gasteiger partial charge in [-0.25, -0.2) is 4.79 Å². The van der Waals surface area contributed by atoms with Gasteiger partial charge in [0.1, 0.15) is 17.0 Å². The molecule has 0 unspecified atom stereocenters. The van der Waals surface area contributed by atoms with Crippen LogP contribution in [0.3, 0.4) is 0 Å². The van der Waals surface area contributed by atoms with E-state index in [1.807, 2.05) is 30.5 Å². The second-order valence-corrected chi connectivity index (χ2v) is 15.1. The predicted molar refractivity (Wildman–Crippen MR) is 191 cm³/mol. The van der Waals surface area contributed by atoms with Gasteiger partial charge in [-0.1, -0.05) is 37.6 Å². The summed E-state index contributed by atoms with van der Waals surface area (Å²) in [5.74, 6) is -0.965. The molecule has 52 heavy (non-hydrogen) atoms. The first-order chi connectivity index (χ1) is 24.8. The molecule has 1 fully saturated rings. The molecule has 8 nitrogen and oxygen atoms in total. The van der Waals surface area contributed by atoms with E-state index in [2.05, 4.69) is 18.8 Å². The van der Waals surface area contributed by atoms with Crippen LogP contribution in [-0.2, 0) is 37.3 Å². The topological polar surface area (TPSA) is 87.2 Å². The van der Waals surface area contributed by atoms with E-state index in [1.165, 1.54) is 36.9 Å². The zero-order valence-electron chi connectivity index (χ0n) is 30.1. The summed E-state index contributed by atoms with van der Waals surface area (Å²) in [5.41, 5.74) is 1.92. The number of methoxy groups -OCH3 is 2. The van der Waals surface area contributed by atoms with Crippen molar-refractivity contribution in [3.8, 4) is 11.5 Å². The number of hydrogen-bond donors (Lipinski definition) is 0. The number of carbonyl (C=O) groups is 2. The van der Waals surface area contributed by atoms with E-state index in [1.54, 1.807) is 0 Å². The van der Waals surface area contributed by atoms with E-state index in [4.69, 9.17) is 30.5 Å². The highest BCUT2D eigenvalue weighted by atomic mass is 35.5. The Bertz CT molecular complexity index is 1780. The fourth-order valence-corrected chi connectivity index (χ4v) is 9.24. The summed E-state index contributed by atoms with van der Waals surface area (Å²) in [4.78, 5) is 32.2. The van der Waals surface area contributed by atoms with Gasteiger partial charge in [0, 0.05) is 35.3 Å². The molecule has 1 aromatic heterocycles. The number of alkyl halides is 3. The molecule has 3 aliphatic rings. The van der Waals surface area contributed by atoms with Crippen molar-refractivity contribution < 1.29 is 41.7 Å². The van der Waals surface area contributed by atoms with Crippen molar-refractivity contribution >= 4 is 29.2 Å². The van der Waals surface area contributed by atoms with Crippen LogP contribution in [0.2, 0.25) is 5.02 Å². The molecule has 0 radical (unpaired) electrons. The molecule has 0 aliphatic heterocycles. The molecule has 0 saturated heterocycles. The second kappa shape index (κ2) is 15.3. The van der Waals surface area contributed by atoms with Crippen LogP contribution in [0.25, 0.3) is 0 Å². The number of fused-ring (bicyclic) bond motifs is 3. The standard InChI is InChI=1S/C40H46ClF3N2O6/c1-25(23-51-34-13-18-45-33-10-5-7-26(2)35(33)34)19-28-20-27-11-12-31(52-24-49-3)22-32(27)38(28)14-16-39(17-15-38,37(48)50-4)46(36(47)40(42,43)44)30-9-6-8-29(41)21-30/h6,8-9,11-13,18,21-22,25-26,28H,5,7,10,14-17,19-20,23-24H2,1-4H3/t25-,26+,28+,38?,39?/m1/s1. The van der Waals surface area contributed by atoms with Gasteiger partial charge in [-0.15, -0.1) is 0 Å². The first-order valence-corrected chi connectivity index (χ1v) is 18.3. The number of nitrogens with zero attached hydrogens (tertiary/aromatic N) is 2. The molecule has 1 spiro atoms. The Kier molecular flexibility index (Phi) is 11.1. The van der Waals surface area contributed by atoms with Crippen LogP contribution in [0.4, 0.5) is 18.9 Å². The molecule has 6 rings (SSSR count). The van der Waals surface area contributed by atoms with Crippen molar-refractivity contribution in [2.24, 2.45) is 11.8 Å². The van der Waals surface area contributed by atoms with Crippen LogP contribution >= 0.6 is 11.6 Å². The molecule has 12 heteroatoms. The third-order valence-corrected chi connectivity index (χ3v) is 11.7. The number of benzene rings is 2. The minimum absolute atomic E-state index is 0.0561. The zero-order chi connectivity index (χ0) is 37.3. The highest BCUT2D eigenvalue weighted by Gasteiger charge is 2.60. The number of aromatic nitrogens is 1. The average molecular weight is 743 g/mol. The Morgan fingerprint density at radius 1 is 1.06 bits per heavy atom. The van der Waals surface area contributed by atoms with Crippen molar-refractivity contribution in [1.29, 1.82) is 0 Å². The molecule has 0 N–H and O–H groups in total. The molecule has 3 atom stereocenters. The van der Waals surface area contributed by atoms with Crippen molar-refractivity contribution in [2.45, 2.75) is 94.7 Å². The number of carbonyl (C=O) groups excluding carboxylic acids is 2. The Balaban J connectivity index is 1.33. The Morgan fingerprint density at radius 3 is 2.52 bits per heavy atom.